The van der Waals surface area contributed by atoms with Crippen molar-refractivity contribution < 1.29 is 22.6 Å². The maximum absolute atomic E-state index is 12.3. The highest BCUT2D eigenvalue weighted by Gasteiger charge is 2.19. The van der Waals surface area contributed by atoms with Gasteiger partial charge in [-0.1, -0.05) is 6.07 Å². The summed E-state index contributed by atoms with van der Waals surface area (Å²) in [4.78, 5) is 26.8. The quantitative estimate of drug-likeness (QED) is 0.341. The van der Waals surface area contributed by atoms with E-state index in [0.29, 0.717) is 22.9 Å². The molecule has 0 bridgehead atoms. The lowest BCUT2D eigenvalue weighted by Gasteiger charge is -2.09. The number of nitrogens with zero attached hydrogens (tertiary/aromatic N) is 2. The summed E-state index contributed by atoms with van der Waals surface area (Å²) < 4.78 is 28.4. The molecule has 12 heteroatoms. The average Bonchev–Trinajstić information content (AvgIpc) is 3.06. The van der Waals surface area contributed by atoms with Gasteiger partial charge < -0.3 is 15.1 Å². The third-order valence-electron chi connectivity index (χ3n) is 4.58. The van der Waals surface area contributed by atoms with Crippen LogP contribution in [0.15, 0.2) is 51.8 Å². The van der Waals surface area contributed by atoms with E-state index in [-0.39, 0.29) is 29.5 Å². The molecule has 1 heterocycles. The smallest absolute Gasteiger partial charge is 0.293 e. The van der Waals surface area contributed by atoms with Crippen LogP contribution in [0.5, 0.6) is 0 Å². The number of carbonyl (C=O) groups excluding carboxylic acids is 1. The first-order chi connectivity index (χ1) is 15.0. The van der Waals surface area contributed by atoms with Crippen molar-refractivity contribution in [2.24, 2.45) is 5.14 Å². The van der Waals surface area contributed by atoms with E-state index in [0.717, 1.165) is 17.8 Å². The zero-order valence-corrected chi connectivity index (χ0v) is 18.1. The molecule has 1 amide bonds. The number of anilines is 2. The Morgan fingerprint density at radius 1 is 1.22 bits per heavy atom. The van der Waals surface area contributed by atoms with Crippen LogP contribution in [0, 0.1) is 24.0 Å². The number of nitro groups is 1. The van der Waals surface area contributed by atoms with Crippen molar-refractivity contribution in [1.82, 2.24) is 4.98 Å². The Balaban J connectivity index is 1.62. The van der Waals surface area contributed by atoms with Crippen LogP contribution in [-0.4, -0.2) is 30.8 Å². The molecule has 11 nitrogen and oxygen atoms in total. The molecule has 0 aliphatic carbocycles. The van der Waals surface area contributed by atoms with Gasteiger partial charge in [-0.25, -0.2) is 18.5 Å². The molecule has 4 N–H and O–H groups in total. The molecule has 0 aliphatic heterocycles. The molecule has 3 rings (SSSR count). The number of nitrogens with two attached hydrogens (primary N) is 1. The molecule has 0 unspecified atom stereocenters. The summed E-state index contributed by atoms with van der Waals surface area (Å²) in [5.74, 6) is 0.845. The molecule has 168 valence electrons. The summed E-state index contributed by atoms with van der Waals surface area (Å²) >= 11 is 0. The first kappa shape index (κ1) is 22.9. The van der Waals surface area contributed by atoms with E-state index in [9.17, 15) is 23.3 Å². The average molecular weight is 459 g/mol. The van der Waals surface area contributed by atoms with Gasteiger partial charge in [0.25, 0.3) is 5.69 Å². The molecule has 32 heavy (non-hydrogen) atoms. The monoisotopic (exact) mass is 459 g/mol. The fourth-order valence-corrected chi connectivity index (χ4v) is 3.38. The molecule has 0 spiro atoms. The maximum atomic E-state index is 12.3. The minimum absolute atomic E-state index is 0.00946. The SMILES string of the molecule is Cc1nc(-c2cccc(NC(=O)CCNc3ccc(S(N)(=O)=O)cc3[N+](=O)[O-])c2)oc1C. The number of oxazole rings is 1. The van der Waals surface area contributed by atoms with Gasteiger partial charge in [-0.15, -0.1) is 0 Å². The number of nitro benzene ring substituents is 1. The third-order valence-corrected chi connectivity index (χ3v) is 5.49. The van der Waals surface area contributed by atoms with Crippen molar-refractivity contribution in [3.8, 4) is 11.5 Å². The van der Waals surface area contributed by atoms with E-state index in [1.807, 2.05) is 19.9 Å². The Hall–Kier alpha value is -3.77. The number of rotatable bonds is 8. The number of hydrogen-bond donors (Lipinski definition) is 3. The van der Waals surface area contributed by atoms with Crippen molar-refractivity contribution in [2.75, 3.05) is 17.2 Å². The number of carbonyl (C=O) groups is 1. The predicted octanol–water partition coefficient (Wildman–Crippen LogP) is 2.95. The van der Waals surface area contributed by atoms with Gasteiger partial charge in [0.2, 0.25) is 21.8 Å². The number of amides is 1. The highest BCUT2D eigenvalue weighted by Crippen LogP contribution is 2.27. The van der Waals surface area contributed by atoms with E-state index in [1.54, 1.807) is 18.2 Å². The summed E-state index contributed by atoms with van der Waals surface area (Å²) in [6.07, 6.45) is 0.00946. The van der Waals surface area contributed by atoms with Crippen molar-refractivity contribution in [3.05, 3.63) is 64.0 Å². The Morgan fingerprint density at radius 3 is 2.59 bits per heavy atom. The summed E-state index contributed by atoms with van der Waals surface area (Å²) in [7, 11) is -4.08. The molecule has 0 saturated carbocycles. The number of aromatic nitrogens is 1. The van der Waals surface area contributed by atoms with Crippen LogP contribution >= 0.6 is 0 Å². The summed E-state index contributed by atoms with van der Waals surface area (Å²) in [6, 6.07) is 10.3. The zero-order chi connectivity index (χ0) is 23.5. The van der Waals surface area contributed by atoms with Gasteiger partial charge in [-0.05, 0) is 44.2 Å². The van der Waals surface area contributed by atoms with E-state index < -0.39 is 20.6 Å². The molecule has 1 aromatic heterocycles. The number of benzene rings is 2. The second-order valence-corrected chi connectivity index (χ2v) is 8.51. The predicted molar refractivity (Wildman–Crippen MR) is 118 cm³/mol. The highest BCUT2D eigenvalue weighted by molar-refractivity contribution is 7.89. The van der Waals surface area contributed by atoms with Crippen LogP contribution in [0.25, 0.3) is 11.5 Å². The van der Waals surface area contributed by atoms with Crippen LogP contribution in [0.2, 0.25) is 0 Å². The Labute approximate surface area is 183 Å². The van der Waals surface area contributed by atoms with Crippen LogP contribution in [0.4, 0.5) is 17.1 Å². The molecular weight excluding hydrogens is 438 g/mol. The highest BCUT2D eigenvalue weighted by atomic mass is 32.2. The van der Waals surface area contributed by atoms with Crippen molar-refractivity contribution in [1.29, 1.82) is 0 Å². The van der Waals surface area contributed by atoms with Gasteiger partial charge in [-0.3, -0.25) is 14.9 Å². The second-order valence-electron chi connectivity index (χ2n) is 6.95. The van der Waals surface area contributed by atoms with E-state index >= 15 is 0 Å². The summed E-state index contributed by atoms with van der Waals surface area (Å²) in [6.45, 7) is 3.74. The van der Waals surface area contributed by atoms with Crippen LogP contribution in [-0.2, 0) is 14.8 Å². The molecule has 0 aliphatic rings. The number of nitrogens with one attached hydrogen (secondary N) is 2. The molecule has 2 aromatic carbocycles. The first-order valence-electron chi connectivity index (χ1n) is 9.44. The van der Waals surface area contributed by atoms with Gasteiger partial charge in [0, 0.05) is 30.3 Å². The van der Waals surface area contributed by atoms with Crippen molar-refractivity contribution in [3.63, 3.8) is 0 Å². The number of primary sulfonamides is 1. The minimum atomic E-state index is -4.08. The fraction of sp³-hybridized carbons (Fsp3) is 0.200. The minimum Gasteiger partial charge on any atom is -0.441 e. The number of sulfonamides is 1. The first-order valence-corrected chi connectivity index (χ1v) is 11.0. The van der Waals surface area contributed by atoms with E-state index in [2.05, 4.69) is 15.6 Å². The lowest BCUT2D eigenvalue weighted by molar-refractivity contribution is -0.384. The fourth-order valence-electron chi connectivity index (χ4n) is 2.85. The Kier molecular flexibility index (Phi) is 6.55. The van der Waals surface area contributed by atoms with Gasteiger partial charge in [0.05, 0.1) is 15.5 Å². The Bertz CT molecular complexity index is 1270. The normalized spacial score (nSPS) is 11.2. The molecular formula is C20H21N5O6S. The number of hydrogen-bond acceptors (Lipinski definition) is 8. The van der Waals surface area contributed by atoms with E-state index in [1.165, 1.54) is 6.07 Å². The largest absolute Gasteiger partial charge is 0.441 e. The van der Waals surface area contributed by atoms with Gasteiger partial charge in [0.15, 0.2) is 0 Å². The summed E-state index contributed by atoms with van der Waals surface area (Å²) in [5, 5.41) is 21.8. The topological polar surface area (TPSA) is 170 Å². The van der Waals surface area contributed by atoms with Crippen LogP contribution < -0.4 is 15.8 Å². The lowest BCUT2D eigenvalue weighted by Crippen LogP contribution is -2.17. The van der Waals surface area contributed by atoms with Crippen molar-refractivity contribution >= 4 is 33.0 Å². The lowest BCUT2D eigenvalue weighted by atomic mass is 10.2. The van der Waals surface area contributed by atoms with Gasteiger partial charge in [-0.2, -0.15) is 0 Å². The molecule has 0 fully saturated rings. The van der Waals surface area contributed by atoms with Crippen molar-refractivity contribution in [2.45, 2.75) is 25.2 Å². The second kappa shape index (κ2) is 9.16. The molecule has 0 saturated heterocycles. The van der Waals surface area contributed by atoms with Crippen LogP contribution in [0.1, 0.15) is 17.9 Å². The molecule has 0 atom stereocenters. The van der Waals surface area contributed by atoms with Crippen LogP contribution in [0.3, 0.4) is 0 Å². The standard InChI is InChI=1S/C20H21N5O6S/c1-12-13(2)31-20(23-12)14-4-3-5-15(10-14)24-19(26)8-9-22-17-7-6-16(32(21,29)30)11-18(17)25(27)28/h3-7,10-11,22H,8-9H2,1-2H3,(H,24,26)(H2,21,29,30). The van der Waals surface area contributed by atoms with Gasteiger partial charge in [0.1, 0.15) is 11.4 Å². The Morgan fingerprint density at radius 2 is 1.97 bits per heavy atom. The summed E-state index contributed by atoms with van der Waals surface area (Å²) in [5.41, 5.74) is 1.66. The van der Waals surface area contributed by atoms with E-state index in [4.69, 9.17) is 9.56 Å². The zero-order valence-electron chi connectivity index (χ0n) is 17.3. The maximum Gasteiger partial charge on any atom is 0.293 e. The molecule has 3 aromatic rings. The van der Waals surface area contributed by atoms with Gasteiger partial charge >= 0.3 is 0 Å². The third kappa shape index (κ3) is 5.47. The number of aryl methyl sites for hydroxylation is 2. The molecule has 0 radical (unpaired) electrons.